The number of amides is 1. The molecule has 3 nitrogen and oxygen atoms in total. The highest BCUT2D eigenvalue weighted by atomic mass is 32.1. The first-order valence-corrected chi connectivity index (χ1v) is 7.19. The van der Waals surface area contributed by atoms with Gasteiger partial charge in [0.05, 0.1) is 24.3 Å². The molecule has 1 aromatic rings. The Morgan fingerprint density at radius 2 is 2.24 bits per heavy atom. The Morgan fingerprint density at radius 3 is 2.94 bits per heavy atom. The summed E-state index contributed by atoms with van der Waals surface area (Å²) in [6, 6.07) is 1.91. The van der Waals surface area contributed by atoms with Crippen LogP contribution in [0.25, 0.3) is 0 Å². The van der Waals surface area contributed by atoms with Crippen LogP contribution >= 0.6 is 11.3 Å². The fraction of sp³-hybridized carbons (Fsp3) is 0.615. The first-order chi connectivity index (χ1) is 8.29. The molecule has 2 heterocycles. The van der Waals surface area contributed by atoms with Crippen molar-refractivity contribution in [1.82, 2.24) is 4.90 Å². The van der Waals surface area contributed by atoms with Crippen molar-refractivity contribution in [3.8, 4) is 0 Å². The molecular weight excluding hydrogens is 234 g/mol. The predicted octanol–water partition coefficient (Wildman–Crippen LogP) is 2.53. The number of carbonyl (C=O) groups excluding carboxylic acids is 1. The molecule has 0 aromatic carbocycles. The topological polar surface area (TPSA) is 29.5 Å². The van der Waals surface area contributed by atoms with Crippen LogP contribution < -0.4 is 0 Å². The largest absolute Gasteiger partial charge is 0.371 e. The van der Waals surface area contributed by atoms with Gasteiger partial charge in [-0.1, -0.05) is 12.8 Å². The van der Waals surface area contributed by atoms with Gasteiger partial charge in [-0.15, -0.1) is 0 Å². The maximum absolute atomic E-state index is 12.3. The van der Waals surface area contributed by atoms with E-state index in [4.69, 9.17) is 4.74 Å². The van der Waals surface area contributed by atoms with Gasteiger partial charge in [0.2, 0.25) is 0 Å². The molecule has 0 radical (unpaired) electrons. The smallest absolute Gasteiger partial charge is 0.254 e. The number of nitrogens with zero attached hydrogens (tertiary/aromatic N) is 1. The van der Waals surface area contributed by atoms with Gasteiger partial charge in [0.1, 0.15) is 0 Å². The molecule has 1 aromatic heterocycles. The minimum Gasteiger partial charge on any atom is -0.371 e. The number of ether oxygens (including phenoxy) is 1. The zero-order chi connectivity index (χ0) is 11.7. The van der Waals surface area contributed by atoms with Gasteiger partial charge in [-0.05, 0) is 24.3 Å². The van der Waals surface area contributed by atoms with Crippen molar-refractivity contribution in [3.05, 3.63) is 22.4 Å². The molecule has 1 aliphatic heterocycles. The Morgan fingerprint density at radius 1 is 1.41 bits per heavy atom. The first kappa shape index (κ1) is 11.2. The lowest BCUT2D eigenvalue weighted by atomic mass is 9.99. The third kappa shape index (κ3) is 2.11. The average molecular weight is 251 g/mol. The Bertz CT molecular complexity index is 396. The van der Waals surface area contributed by atoms with E-state index < -0.39 is 0 Å². The van der Waals surface area contributed by atoms with Gasteiger partial charge in [-0.25, -0.2) is 0 Å². The van der Waals surface area contributed by atoms with Crippen LogP contribution in [0.2, 0.25) is 0 Å². The number of hydrogen-bond donors (Lipinski definition) is 0. The lowest BCUT2D eigenvalue weighted by Gasteiger charge is -2.40. The van der Waals surface area contributed by atoms with Gasteiger partial charge in [0.15, 0.2) is 0 Å². The molecule has 92 valence electrons. The van der Waals surface area contributed by atoms with Gasteiger partial charge in [0, 0.05) is 11.9 Å². The van der Waals surface area contributed by atoms with Crippen molar-refractivity contribution in [2.75, 3.05) is 19.7 Å². The molecule has 1 saturated heterocycles. The van der Waals surface area contributed by atoms with Gasteiger partial charge in [0.25, 0.3) is 5.91 Å². The number of carbonyl (C=O) groups is 1. The number of morpholine rings is 1. The van der Waals surface area contributed by atoms with Crippen LogP contribution in [0.3, 0.4) is 0 Å². The van der Waals surface area contributed by atoms with E-state index in [9.17, 15) is 4.79 Å². The second-order valence-corrected chi connectivity index (χ2v) is 5.76. The number of rotatable bonds is 1. The van der Waals surface area contributed by atoms with Crippen molar-refractivity contribution in [2.45, 2.75) is 31.3 Å². The summed E-state index contributed by atoms with van der Waals surface area (Å²) in [4.78, 5) is 14.2. The Kier molecular flexibility index (Phi) is 2.92. The van der Waals surface area contributed by atoms with Gasteiger partial charge in [-0.3, -0.25) is 4.79 Å². The van der Waals surface area contributed by atoms with E-state index in [0.717, 1.165) is 31.5 Å². The standard InChI is InChI=1S/C13H17NO2S/c15-12(11-3-8-17-9-11)14-6-7-16-13(10-14)4-1-2-5-13/h3,8-9H,1-2,4-7,10H2. The van der Waals surface area contributed by atoms with E-state index in [1.165, 1.54) is 12.8 Å². The van der Waals surface area contributed by atoms with Crippen molar-refractivity contribution in [3.63, 3.8) is 0 Å². The molecule has 0 N–H and O–H groups in total. The molecule has 4 heteroatoms. The average Bonchev–Trinajstić information content (AvgIpc) is 3.00. The molecule has 2 aliphatic rings. The van der Waals surface area contributed by atoms with Crippen molar-refractivity contribution in [2.24, 2.45) is 0 Å². The zero-order valence-electron chi connectivity index (χ0n) is 9.85. The van der Waals surface area contributed by atoms with E-state index in [1.54, 1.807) is 11.3 Å². The monoisotopic (exact) mass is 251 g/mol. The summed E-state index contributed by atoms with van der Waals surface area (Å²) in [6.45, 7) is 2.20. The van der Waals surface area contributed by atoms with E-state index in [1.807, 2.05) is 21.7 Å². The van der Waals surface area contributed by atoms with Crippen LogP contribution in [0, 0.1) is 0 Å². The highest BCUT2D eigenvalue weighted by Gasteiger charge is 2.40. The summed E-state index contributed by atoms with van der Waals surface area (Å²) in [5.41, 5.74) is 0.800. The van der Waals surface area contributed by atoms with Crippen LogP contribution in [-0.2, 0) is 4.74 Å². The van der Waals surface area contributed by atoms with Crippen molar-refractivity contribution >= 4 is 17.2 Å². The minimum absolute atomic E-state index is 0.0239. The van der Waals surface area contributed by atoms with Crippen molar-refractivity contribution in [1.29, 1.82) is 0 Å². The van der Waals surface area contributed by atoms with Crippen LogP contribution in [0.15, 0.2) is 16.8 Å². The molecule has 2 fully saturated rings. The molecule has 1 saturated carbocycles. The SMILES string of the molecule is O=C(c1ccsc1)N1CCOC2(CCCC2)C1. The minimum atomic E-state index is -0.0239. The van der Waals surface area contributed by atoms with E-state index in [0.29, 0.717) is 6.61 Å². The van der Waals surface area contributed by atoms with Crippen molar-refractivity contribution < 1.29 is 9.53 Å². The Balaban J connectivity index is 1.73. The highest BCUT2D eigenvalue weighted by Crippen LogP contribution is 2.36. The predicted molar refractivity (Wildman–Crippen MR) is 67.4 cm³/mol. The van der Waals surface area contributed by atoms with E-state index in [-0.39, 0.29) is 11.5 Å². The molecule has 1 aliphatic carbocycles. The Labute approximate surface area is 105 Å². The molecule has 0 atom stereocenters. The molecule has 17 heavy (non-hydrogen) atoms. The molecule has 1 amide bonds. The van der Waals surface area contributed by atoms with Crippen LogP contribution in [0.1, 0.15) is 36.0 Å². The van der Waals surface area contributed by atoms with Gasteiger partial charge in [-0.2, -0.15) is 11.3 Å². The zero-order valence-corrected chi connectivity index (χ0v) is 10.7. The van der Waals surface area contributed by atoms with Gasteiger partial charge >= 0.3 is 0 Å². The summed E-state index contributed by atoms with van der Waals surface area (Å²) >= 11 is 1.58. The maximum atomic E-state index is 12.3. The second-order valence-electron chi connectivity index (χ2n) is 4.98. The van der Waals surface area contributed by atoms with Crippen LogP contribution in [0.5, 0.6) is 0 Å². The fourth-order valence-electron chi connectivity index (χ4n) is 2.91. The van der Waals surface area contributed by atoms with E-state index >= 15 is 0 Å². The summed E-state index contributed by atoms with van der Waals surface area (Å²) < 4.78 is 5.93. The summed E-state index contributed by atoms with van der Waals surface area (Å²) in [5, 5.41) is 3.89. The summed E-state index contributed by atoms with van der Waals surface area (Å²) in [7, 11) is 0. The highest BCUT2D eigenvalue weighted by molar-refractivity contribution is 7.08. The molecule has 0 bridgehead atoms. The normalized spacial score (nSPS) is 23.2. The van der Waals surface area contributed by atoms with E-state index in [2.05, 4.69) is 0 Å². The third-order valence-electron chi connectivity index (χ3n) is 3.82. The number of hydrogen-bond acceptors (Lipinski definition) is 3. The first-order valence-electron chi connectivity index (χ1n) is 6.25. The lowest BCUT2D eigenvalue weighted by molar-refractivity contribution is -0.0948. The van der Waals surface area contributed by atoms with Crippen LogP contribution in [0.4, 0.5) is 0 Å². The quantitative estimate of drug-likeness (QED) is 0.767. The number of thiophene rings is 1. The second kappa shape index (κ2) is 4.42. The van der Waals surface area contributed by atoms with Crippen LogP contribution in [-0.4, -0.2) is 36.1 Å². The molecule has 3 rings (SSSR count). The summed E-state index contributed by atoms with van der Waals surface area (Å²) in [6.07, 6.45) is 4.70. The summed E-state index contributed by atoms with van der Waals surface area (Å²) in [5.74, 6) is 0.167. The Hall–Kier alpha value is -0.870. The maximum Gasteiger partial charge on any atom is 0.254 e. The third-order valence-corrected chi connectivity index (χ3v) is 4.50. The lowest BCUT2D eigenvalue weighted by Crippen LogP contribution is -2.52. The molecule has 1 spiro atoms. The van der Waals surface area contributed by atoms with Gasteiger partial charge < -0.3 is 9.64 Å². The fourth-order valence-corrected chi connectivity index (χ4v) is 3.54. The molecular formula is C13H17NO2S. The molecule has 0 unspecified atom stereocenters.